The lowest BCUT2D eigenvalue weighted by atomic mass is 9.96. The van der Waals surface area contributed by atoms with Gasteiger partial charge in [0.1, 0.15) is 0 Å². The molecule has 1 N–H and O–H groups in total. The number of carbonyl (C=O) groups excluding carboxylic acids is 1. The van der Waals surface area contributed by atoms with Crippen LogP contribution in [0.1, 0.15) is 33.1 Å². The van der Waals surface area contributed by atoms with E-state index in [0.29, 0.717) is 0 Å². The van der Waals surface area contributed by atoms with Crippen molar-refractivity contribution in [3.8, 4) is 0 Å². The molecule has 4 nitrogen and oxygen atoms in total. The fourth-order valence-corrected chi connectivity index (χ4v) is 3.81. The van der Waals surface area contributed by atoms with Gasteiger partial charge in [-0.1, -0.05) is 30.4 Å². The summed E-state index contributed by atoms with van der Waals surface area (Å²) in [5.41, 5.74) is 1.07. The minimum absolute atomic E-state index is 0.152. The Hall–Kier alpha value is -1.62. The minimum Gasteiger partial charge on any atom is -0.353 e. The van der Waals surface area contributed by atoms with Crippen LogP contribution in [0.2, 0.25) is 0 Å². The van der Waals surface area contributed by atoms with E-state index in [1.807, 2.05) is 6.07 Å². The first-order valence-electron chi connectivity index (χ1n) is 8.08. The van der Waals surface area contributed by atoms with Crippen LogP contribution in [0.15, 0.2) is 24.3 Å². The maximum atomic E-state index is 12.2. The number of nitrogens with zero attached hydrogens (tertiary/aromatic N) is 2. The van der Waals surface area contributed by atoms with Crippen molar-refractivity contribution in [1.82, 2.24) is 10.3 Å². The van der Waals surface area contributed by atoms with Crippen molar-refractivity contribution in [2.24, 2.45) is 5.92 Å². The number of rotatable bonds is 4. The number of aromatic nitrogens is 1. The van der Waals surface area contributed by atoms with E-state index in [0.717, 1.165) is 43.0 Å². The van der Waals surface area contributed by atoms with Crippen LogP contribution in [0.25, 0.3) is 10.2 Å². The first-order valence-corrected chi connectivity index (χ1v) is 8.90. The minimum atomic E-state index is 0.152. The number of hydrogen-bond donors (Lipinski definition) is 1. The van der Waals surface area contributed by atoms with E-state index >= 15 is 0 Å². The average molecular weight is 317 g/mol. The number of benzene rings is 1. The summed E-state index contributed by atoms with van der Waals surface area (Å²) < 4.78 is 1.23. The summed E-state index contributed by atoms with van der Waals surface area (Å²) in [6, 6.07) is 8.52. The van der Waals surface area contributed by atoms with E-state index in [9.17, 15) is 4.79 Å². The first-order chi connectivity index (χ1) is 10.7. The highest BCUT2D eigenvalue weighted by molar-refractivity contribution is 7.22. The van der Waals surface area contributed by atoms with Crippen molar-refractivity contribution < 1.29 is 4.79 Å². The molecule has 1 atom stereocenters. The predicted octanol–water partition coefficient (Wildman–Crippen LogP) is 3.43. The summed E-state index contributed by atoms with van der Waals surface area (Å²) in [6.45, 7) is 5.99. The first kappa shape index (κ1) is 15.3. The van der Waals surface area contributed by atoms with Crippen molar-refractivity contribution in [3.05, 3.63) is 24.3 Å². The van der Waals surface area contributed by atoms with Gasteiger partial charge in [-0.25, -0.2) is 4.98 Å². The van der Waals surface area contributed by atoms with Gasteiger partial charge in [-0.15, -0.1) is 0 Å². The molecule has 1 saturated heterocycles. The molecule has 2 heterocycles. The van der Waals surface area contributed by atoms with Crippen LogP contribution < -0.4 is 10.2 Å². The maximum Gasteiger partial charge on any atom is 0.223 e. The topological polar surface area (TPSA) is 45.2 Å². The molecule has 118 valence electrons. The lowest BCUT2D eigenvalue weighted by Gasteiger charge is -2.31. The van der Waals surface area contributed by atoms with E-state index in [1.165, 1.54) is 4.70 Å². The summed E-state index contributed by atoms with van der Waals surface area (Å²) in [7, 11) is 0. The Kier molecular flexibility index (Phi) is 4.62. The molecule has 1 aromatic heterocycles. The van der Waals surface area contributed by atoms with E-state index in [1.54, 1.807) is 11.3 Å². The largest absolute Gasteiger partial charge is 0.353 e. The lowest BCUT2D eigenvalue weighted by Crippen LogP contribution is -2.43. The summed E-state index contributed by atoms with van der Waals surface area (Å²) >= 11 is 1.74. The Morgan fingerprint density at radius 3 is 2.82 bits per heavy atom. The molecule has 1 amide bonds. The Bertz CT molecular complexity index is 613. The molecular weight excluding hydrogens is 294 g/mol. The van der Waals surface area contributed by atoms with Gasteiger partial charge in [0.25, 0.3) is 0 Å². The SMILES string of the molecule is CC[C@@H](C)NC(=O)C1CCN(c2nc3ccccc3s2)CC1. The smallest absolute Gasteiger partial charge is 0.223 e. The molecule has 1 aromatic carbocycles. The van der Waals surface area contributed by atoms with Gasteiger partial charge in [0, 0.05) is 25.0 Å². The van der Waals surface area contributed by atoms with Crippen LogP contribution >= 0.6 is 11.3 Å². The average Bonchev–Trinajstić information content (AvgIpc) is 2.98. The van der Waals surface area contributed by atoms with Gasteiger partial charge >= 0.3 is 0 Å². The van der Waals surface area contributed by atoms with Crippen molar-refractivity contribution in [2.75, 3.05) is 18.0 Å². The van der Waals surface area contributed by atoms with E-state index in [2.05, 4.69) is 42.3 Å². The van der Waals surface area contributed by atoms with Crippen molar-refractivity contribution in [1.29, 1.82) is 0 Å². The molecule has 1 aliphatic heterocycles. The number of amides is 1. The third-order valence-electron chi connectivity index (χ3n) is 4.42. The maximum absolute atomic E-state index is 12.2. The zero-order valence-corrected chi connectivity index (χ0v) is 14.0. The molecule has 0 spiro atoms. The standard InChI is InChI=1S/C17H23N3OS/c1-3-12(2)18-16(21)13-8-10-20(11-9-13)17-19-14-6-4-5-7-15(14)22-17/h4-7,12-13H,3,8-11H2,1-2H3,(H,18,21)/t12-/m1/s1. The molecule has 0 aliphatic carbocycles. The van der Waals surface area contributed by atoms with Gasteiger partial charge < -0.3 is 10.2 Å². The van der Waals surface area contributed by atoms with E-state index < -0.39 is 0 Å². The number of fused-ring (bicyclic) bond motifs is 1. The monoisotopic (exact) mass is 317 g/mol. The highest BCUT2D eigenvalue weighted by atomic mass is 32.1. The second kappa shape index (κ2) is 6.65. The second-order valence-corrected chi connectivity index (χ2v) is 7.05. The zero-order chi connectivity index (χ0) is 15.5. The molecule has 1 aliphatic rings. The number of nitrogens with one attached hydrogen (secondary N) is 1. The number of thiazole rings is 1. The molecule has 3 rings (SSSR count). The highest BCUT2D eigenvalue weighted by Crippen LogP contribution is 2.31. The van der Waals surface area contributed by atoms with Crippen LogP contribution in [-0.2, 0) is 4.79 Å². The third kappa shape index (κ3) is 3.24. The van der Waals surface area contributed by atoms with Gasteiger partial charge in [-0.2, -0.15) is 0 Å². The van der Waals surface area contributed by atoms with Crippen LogP contribution in [0, 0.1) is 5.92 Å². The molecule has 22 heavy (non-hydrogen) atoms. The van der Waals surface area contributed by atoms with E-state index in [4.69, 9.17) is 4.98 Å². The molecule has 1 fully saturated rings. The summed E-state index contributed by atoms with van der Waals surface area (Å²) in [5.74, 6) is 0.373. The highest BCUT2D eigenvalue weighted by Gasteiger charge is 2.26. The molecule has 0 saturated carbocycles. The zero-order valence-electron chi connectivity index (χ0n) is 13.2. The van der Waals surface area contributed by atoms with Crippen LogP contribution in [0.3, 0.4) is 0 Å². The van der Waals surface area contributed by atoms with Crippen LogP contribution in [0.4, 0.5) is 5.13 Å². The number of piperidine rings is 1. The summed E-state index contributed by atoms with van der Waals surface area (Å²) in [6.07, 6.45) is 2.81. The number of carbonyl (C=O) groups is 1. The lowest BCUT2D eigenvalue weighted by molar-refractivity contribution is -0.126. The summed E-state index contributed by atoms with van der Waals surface area (Å²) in [5, 5.41) is 4.19. The Balaban J connectivity index is 1.60. The van der Waals surface area contributed by atoms with Crippen molar-refractivity contribution >= 4 is 32.6 Å². The molecule has 0 radical (unpaired) electrons. The molecule has 0 unspecified atom stereocenters. The fraction of sp³-hybridized carbons (Fsp3) is 0.529. The molecular formula is C17H23N3OS. The number of anilines is 1. The van der Waals surface area contributed by atoms with Crippen molar-refractivity contribution in [2.45, 2.75) is 39.2 Å². The number of para-hydroxylation sites is 1. The normalized spacial score (nSPS) is 17.6. The van der Waals surface area contributed by atoms with Gasteiger partial charge in [0.05, 0.1) is 10.2 Å². The van der Waals surface area contributed by atoms with Gasteiger partial charge in [0.2, 0.25) is 5.91 Å². The Morgan fingerprint density at radius 2 is 2.14 bits per heavy atom. The van der Waals surface area contributed by atoms with Crippen LogP contribution in [-0.4, -0.2) is 30.0 Å². The third-order valence-corrected chi connectivity index (χ3v) is 5.52. The second-order valence-electron chi connectivity index (χ2n) is 6.04. The van der Waals surface area contributed by atoms with E-state index in [-0.39, 0.29) is 17.9 Å². The Labute approximate surface area is 135 Å². The Morgan fingerprint density at radius 1 is 1.41 bits per heavy atom. The fourth-order valence-electron chi connectivity index (χ4n) is 2.79. The predicted molar refractivity (Wildman–Crippen MR) is 92.5 cm³/mol. The van der Waals surface area contributed by atoms with Gasteiger partial charge in [-0.3, -0.25) is 4.79 Å². The van der Waals surface area contributed by atoms with Gasteiger partial charge in [0.15, 0.2) is 5.13 Å². The van der Waals surface area contributed by atoms with Crippen molar-refractivity contribution in [3.63, 3.8) is 0 Å². The molecule has 2 aromatic rings. The summed E-state index contributed by atoms with van der Waals surface area (Å²) in [4.78, 5) is 19.2. The van der Waals surface area contributed by atoms with Crippen LogP contribution in [0.5, 0.6) is 0 Å². The number of hydrogen-bond acceptors (Lipinski definition) is 4. The quantitative estimate of drug-likeness (QED) is 0.939. The molecule has 5 heteroatoms. The van der Waals surface area contributed by atoms with Gasteiger partial charge in [-0.05, 0) is 38.3 Å². The molecule has 0 bridgehead atoms.